The van der Waals surface area contributed by atoms with Crippen LogP contribution >= 0.6 is 0 Å². The average Bonchev–Trinajstić information content (AvgIpc) is 3.53. The minimum absolute atomic E-state index is 0.0177. The minimum atomic E-state index is -4.61. The van der Waals surface area contributed by atoms with E-state index in [2.05, 4.69) is 25.2 Å². The van der Waals surface area contributed by atoms with Gasteiger partial charge in [0.25, 0.3) is 0 Å². The van der Waals surface area contributed by atoms with Crippen LogP contribution in [0, 0.1) is 0 Å². The number of benzene rings is 1. The summed E-state index contributed by atoms with van der Waals surface area (Å²) in [6.07, 6.45) is 3.65. The summed E-state index contributed by atoms with van der Waals surface area (Å²) in [7, 11) is 3.57. The van der Waals surface area contributed by atoms with E-state index in [-0.39, 0.29) is 17.4 Å². The molecule has 5 aromatic rings. The Bertz CT molecular complexity index is 1740. The number of likely N-dealkylation sites (tertiary alicyclic amines) is 1. The summed E-state index contributed by atoms with van der Waals surface area (Å²) in [6, 6.07) is 11.5. The Morgan fingerprint density at radius 3 is 2.58 bits per heavy atom. The number of halogens is 3. The highest BCUT2D eigenvalue weighted by Crippen LogP contribution is 2.37. The molecule has 1 aromatic carbocycles. The molecule has 0 radical (unpaired) electrons. The first kappa shape index (κ1) is 25.9. The summed E-state index contributed by atoms with van der Waals surface area (Å²) in [4.78, 5) is 27.3. The van der Waals surface area contributed by atoms with Gasteiger partial charge in [-0.25, -0.2) is 9.78 Å². The smallest absolute Gasteiger partial charge is 0.382 e. The number of aromatic nitrogens is 5. The van der Waals surface area contributed by atoms with Gasteiger partial charge in [-0.2, -0.15) is 13.2 Å². The fourth-order valence-electron chi connectivity index (χ4n) is 5.24. The van der Waals surface area contributed by atoms with E-state index in [0.717, 1.165) is 54.2 Å². The molecule has 1 aliphatic heterocycles. The summed E-state index contributed by atoms with van der Waals surface area (Å²) in [5, 5.41) is 4.04. The number of aryl methyl sites for hydroxylation is 1. The second-order valence-corrected chi connectivity index (χ2v) is 10.3. The van der Waals surface area contributed by atoms with E-state index in [1.165, 1.54) is 15.2 Å². The van der Waals surface area contributed by atoms with E-state index in [9.17, 15) is 18.0 Å². The first-order valence-corrected chi connectivity index (χ1v) is 13.0. The second kappa shape index (κ2) is 9.98. The maximum absolute atomic E-state index is 14.3. The maximum atomic E-state index is 14.3. The topological polar surface area (TPSA) is 83.8 Å². The van der Waals surface area contributed by atoms with E-state index < -0.39 is 17.4 Å². The van der Waals surface area contributed by atoms with Gasteiger partial charge in [0.1, 0.15) is 5.65 Å². The Balaban J connectivity index is 1.40. The number of imidazole rings is 1. The molecule has 1 aliphatic rings. The highest BCUT2D eigenvalue weighted by Gasteiger charge is 2.35. The molecule has 5 heterocycles. The lowest BCUT2D eigenvalue weighted by Gasteiger charge is -2.31. The third-order valence-electron chi connectivity index (χ3n) is 7.45. The zero-order valence-electron chi connectivity index (χ0n) is 22.0. The van der Waals surface area contributed by atoms with Crippen molar-refractivity contribution in [1.82, 2.24) is 29.0 Å². The van der Waals surface area contributed by atoms with Crippen LogP contribution in [-0.4, -0.2) is 55.2 Å². The fraction of sp³-hybridized carbons (Fsp3) is 0.276. The SMILES string of the molecule is CN1CCC(Nc2ccc(-n3c(-c4cc(-c5cnc6[nH]ccc6c5)ccn4)cn(C)c3=O)cc2C(F)(F)F)CC1. The number of rotatable bonds is 5. The Morgan fingerprint density at radius 1 is 1.00 bits per heavy atom. The zero-order valence-corrected chi connectivity index (χ0v) is 22.0. The van der Waals surface area contributed by atoms with Gasteiger partial charge in [-0.3, -0.25) is 9.55 Å². The van der Waals surface area contributed by atoms with E-state index in [1.807, 2.05) is 37.5 Å². The predicted octanol–water partition coefficient (Wildman–Crippen LogP) is 5.31. The van der Waals surface area contributed by atoms with Crippen molar-refractivity contribution in [1.29, 1.82) is 0 Å². The van der Waals surface area contributed by atoms with Crippen molar-refractivity contribution in [3.05, 3.63) is 83.3 Å². The molecule has 8 nitrogen and oxygen atoms in total. The molecule has 0 unspecified atom stereocenters. The number of fused-ring (bicyclic) bond motifs is 1. The number of hydrogen-bond acceptors (Lipinski definition) is 5. The summed E-state index contributed by atoms with van der Waals surface area (Å²) >= 11 is 0. The van der Waals surface area contributed by atoms with Crippen molar-refractivity contribution in [2.75, 3.05) is 25.5 Å². The lowest BCUT2D eigenvalue weighted by Crippen LogP contribution is -2.37. The van der Waals surface area contributed by atoms with Gasteiger partial charge in [0, 0.05) is 54.5 Å². The van der Waals surface area contributed by atoms with E-state index in [4.69, 9.17) is 0 Å². The second-order valence-electron chi connectivity index (χ2n) is 10.3. The Labute approximate surface area is 228 Å². The first-order chi connectivity index (χ1) is 19.2. The normalized spacial score (nSPS) is 15.1. The average molecular weight is 548 g/mol. The number of nitrogens with zero attached hydrogens (tertiary/aromatic N) is 5. The number of aromatic amines is 1. The number of pyridine rings is 2. The number of H-pyrrole nitrogens is 1. The largest absolute Gasteiger partial charge is 0.418 e. The molecule has 0 bridgehead atoms. The van der Waals surface area contributed by atoms with E-state index >= 15 is 0 Å². The van der Waals surface area contributed by atoms with Gasteiger partial charge in [0.15, 0.2) is 0 Å². The van der Waals surface area contributed by atoms with Crippen molar-refractivity contribution >= 4 is 16.7 Å². The monoisotopic (exact) mass is 547 g/mol. The number of nitrogens with one attached hydrogen (secondary N) is 2. The van der Waals surface area contributed by atoms with Crippen LogP contribution in [0.2, 0.25) is 0 Å². The number of alkyl halides is 3. The molecule has 0 amide bonds. The summed E-state index contributed by atoms with van der Waals surface area (Å²) < 4.78 is 45.4. The number of piperidine rings is 1. The predicted molar refractivity (Wildman–Crippen MR) is 148 cm³/mol. The van der Waals surface area contributed by atoms with E-state index in [0.29, 0.717) is 11.4 Å². The minimum Gasteiger partial charge on any atom is -0.382 e. The lowest BCUT2D eigenvalue weighted by atomic mass is 10.0. The van der Waals surface area contributed by atoms with Gasteiger partial charge in [-0.1, -0.05) is 0 Å². The summed E-state index contributed by atoms with van der Waals surface area (Å²) in [5.41, 5.74) is 2.12. The van der Waals surface area contributed by atoms with Gasteiger partial charge >= 0.3 is 11.9 Å². The number of anilines is 1. The Hall–Kier alpha value is -4.38. The van der Waals surface area contributed by atoms with Gasteiger partial charge in [-0.15, -0.1) is 0 Å². The van der Waals surface area contributed by atoms with Gasteiger partial charge in [0.2, 0.25) is 0 Å². The molecule has 1 saturated heterocycles. The molecule has 6 rings (SSSR count). The Morgan fingerprint density at radius 2 is 1.80 bits per heavy atom. The van der Waals surface area contributed by atoms with Crippen molar-refractivity contribution in [2.24, 2.45) is 7.05 Å². The Kier molecular flexibility index (Phi) is 6.46. The van der Waals surface area contributed by atoms with Crippen molar-refractivity contribution in [3.8, 4) is 28.2 Å². The molecule has 40 heavy (non-hydrogen) atoms. The molecule has 2 N–H and O–H groups in total. The third kappa shape index (κ3) is 4.88. The first-order valence-electron chi connectivity index (χ1n) is 13.0. The molecule has 0 spiro atoms. The van der Waals surface area contributed by atoms with Gasteiger partial charge in [-0.05, 0) is 81.0 Å². The standard InChI is InChI=1S/C29H28F3N7O/c1-37-11-7-21(8-12-37)36-24-4-3-22(15-23(24)29(30,31)32)39-26(17-38(2)28(39)40)25-14-18(5-9-33-25)20-13-19-6-10-34-27(19)35-16-20/h3-6,9-10,13-17,21,36H,7-8,11-12H2,1-2H3,(H,34,35). The van der Waals surface area contributed by atoms with E-state index in [1.54, 1.807) is 31.7 Å². The van der Waals surface area contributed by atoms with Gasteiger partial charge in [0.05, 0.1) is 22.6 Å². The molecule has 0 aliphatic carbocycles. The number of hydrogen-bond donors (Lipinski definition) is 2. The molecule has 1 fully saturated rings. The molecule has 11 heteroatoms. The lowest BCUT2D eigenvalue weighted by molar-refractivity contribution is -0.137. The highest BCUT2D eigenvalue weighted by atomic mass is 19.4. The van der Waals surface area contributed by atoms with Gasteiger partial charge < -0.3 is 19.8 Å². The van der Waals surface area contributed by atoms with Crippen LogP contribution in [0.3, 0.4) is 0 Å². The molecule has 4 aromatic heterocycles. The van der Waals surface area contributed by atoms with Crippen LogP contribution < -0.4 is 11.0 Å². The van der Waals surface area contributed by atoms with Crippen LogP contribution in [0.5, 0.6) is 0 Å². The molecular weight excluding hydrogens is 519 g/mol. The summed E-state index contributed by atoms with van der Waals surface area (Å²) in [6.45, 7) is 1.64. The maximum Gasteiger partial charge on any atom is 0.418 e. The van der Waals surface area contributed by atoms with Crippen LogP contribution in [0.4, 0.5) is 18.9 Å². The molecule has 0 atom stereocenters. The van der Waals surface area contributed by atoms with Crippen LogP contribution in [0.1, 0.15) is 18.4 Å². The highest BCUT2D eigenvalue weighted by molar-refractivity contribution is 5.82. The molecular formula is C29H28F3N7O. The van der Waals surface area contributed by atoms with Crippen molar-refractivity contribution < 1.29 is 13.2 Å². The van der Waals surface area contributed by atoms with Crippen LogP contribution in [-0.2, 0) is 13.2 Å². The van der Waals surface area contributed by atoms with Crippen molar-refractivity contribution in [3.63, 3.8) is 0 Å². The quantitative estimate of drug-likeness (QED) is 0.312. The van der Waals surface area contributed by atoms with Crippen LogP contribution in [0.25, 0.3) is 39.2 Å². The van der Waals surface area contributed by atoms with Crippen LogP contribution in [0.15, 0.2) is 72.0 Å². The molecule has 0 saturated carbocycles. The van der Waals surface area contributed by atoms with Crippen molar-refractivity contribution in [2.45, 2.75) is 25.1 Å². The fourth-order valence-corrected chi connectivity index (χ4v) is 5.24. The third-order valence-corrected chi connectivity index (χ3v) is 7.45. The molecule has 206 valence electrons. The zero-order chi connectivity index (χ0) is 28.0. The summed E-state index contributed by atoms with van der Waals surface area (Å²) in [5.74, 6) is 0.